The van der Waals surface area contributed by atoms with Gasteiger partial charge in [-0.05, 0) is 35.4 Å². The van der Waals surface area contributed by atoms with Crippen LogP contribution in [0, 0.1) is 5.82 Å². The maximum Gasteiger partial charge on any atom is 0.274 e. The van der Waals surface area contributed by atoms with Crippen LogP contribution in [-0.2, 0) is 0 Å². The molecule has 0 radical (unpaired) electrons. The van der Waals surface area contributed by atoms with Gasteiger partial charge in [-0.25, -0.2) is 4.39 Å². The highest BCUT2D eigenvalue weighted by molar-refractivity contribution is 6.30. The molecular weight excluding hydrogens is 329 g/mol. The van der Waals surface area contributed by atoms with E-state index in [9.17, 15) is 9.18 Å². The van der Waals surface area contributed by atoms with Crippen molar-refractivity contribution in [3.05, 3.63) is 82.0 Å². The molecule has 0 aliphatic carbocycles. The van der Waals surface area contributed by atoms with Gasteiger partial charge in [0.05, 0.1) is 11.9 Å². The molecule has 4 rings (SSSR count). The number of fused-ring (bicyclic) bond motifs is 1. The molecule has 0 saturated carbocycles. The van der Waals surface area contributed by atoms with Crippen LogP contribution in [0.15, 0.2) is 65.6 Å². The molecule has 0 fully saturated rings. The van der Waals surface area contributed by atoms with E-state index in [1.165, 1.54) is 22.7 Å². The van der Waals surface area contributed by atoms with E-state index < -0.39 is 0 Å². The summed E-state index contributed by atoms with van der Waals surface area (Å²) in [6, 6.07) is 14.7. The van der Waals surface area contributed by atoms with Gasteiger partial charge in [0.1, 0.15) is 11.5 Å². The lowest BCUT2D eigenvalue weighted by Gasteiger charge is -2.05. The zero-order valence-corrected chi connectivity index (χ0v) is 13.1. The number of aromatic amines is 1. The Morgan fingerprint density at radius 1 is 1.00 bits per heavy atom. The minimum Gasteiger partial charge on any atom is -0.339 e. The Morgan fingerprint density at radius 3 is 2.38 bits per heavy atom. The lowest BCUT2D eigenvalue weighted by molar-refractivity contribution is 0.628. The lowest BCUT2D eigenvalue weighted by Crippen LogP contribution is -2.14. The SMILES string of the molecule is O=c1cc(-c2ccc(Cl)cc2)[nH]c2c(-c3ccc(F)cc3)cnn12. The monoisotopic (exact) mass is 339 g/mol. The summed E-state index contributed by atoms with van der Waals surface area (Å²) in [5.74, 6) is -0.314. The highest BCUT2D eigenvalue weighted by atomic mass is 35.5. The van der Waals surface area contributed by atoms with Crippen molar-refractivity contribution < 1.29 is 4.39 Å². The third-order valence-corrected chi connectivity index (χ3v) is 4.06. The molecule has 0 atom stereocenters. The van der Waals surface area contributed by atoms with Gasteiger partial charge < -0.3 is 4.98 Å². The van der Waals surface area contributed by atoms with Crippen LogP contribution in [0.1, 0.15) is 0 Å². The zero-order chi connectivity index (χ0) is 16.7. The molecule has 0 spiro atoms. The fourth-order valence-electron chi connectivity index (χ4n) is 2.61. The van der Waals surface area contributed by atoms with Gasteiger partial charge in [0.2, 0.25) is 0 Å². The maximum atomic E-state index is 13.1. The Morgan fingerprint density at radius 2 is 1.67 bits per heavy atom. The topological polar surface area (TPSA) is 50.2 Å². The number of halogens is 2. The minimum absolute atomic E-state index is 0.248. The summed E-state index contributed by atoms with van der Waals surface area (Å²) in [6.45, 7) is 0. The first-order valence-corrected chi connectivity index (χ1v) is 7.62. The van der Waals surface area contributed by atoms with Gasteiger partial charge in [-0.15, -0.1) is 0 Å². The fraction of sp³-hybridized carbons (Fsp3) is 0. The lowest BCUT2D eigenvalue weighted by atomic mass is 10.1. The summed E-state index contributed by atoms with van der Waals surface area (Å²) in [7, 11) is 0. The smallest absolute Gasteiger partial charge is 0.274 e. The highest BCUT2D eigenvalue weighted by Gasteiger charge is 2.11. The van der Waals surface area contributed by atoms with Crippen LogP contribution in [0.3, 0.4) is 0 Å². The molecule has 118 valence electrons. The van der Waals surface area contributed by atoms with Crippen molar-refractivity contribution in [2.75, 3.05) is 0 Å². The molecule has 6 heteroatoms. The second-order valence-corrected chi connectivity index (χ2v) is 5.79. The largest absolute Gasteiger partial charge is 0.339 e. The molecular formula is C18H11ClFN3O. The first-order valence-electron chi connectivity index (χ1n) is 7.25. The van der Waals surface area contributed by atoms with Gasteiger partial charge in [-0.2, -0.15) is 9.61 Å². The number of benzene rings is 2. The van der Waals surface area contributed by atoms with Gasteiger partial charge in [0, 0.05) is 16.7 Å². The Bertz CT molecular complexity index is 1080. The molecule has 0 saturated heterocycles. The van der Waals surface area contributed by atoms with Gasteiger partial charge in [-0.3, -0.25) is 4.79 Å². The molecule has 0 unspecified atom stereocenters. The number of hydrogen-bond donors (Lipinski definition) is 1. The van der Waals surface area contributed by atoms with Crippen molar-refractivity contribution in [2.45, 2.75) is 0 Å². The van der Waals surface area contributed by atoms with Gasteiger partial charge >= 0.3 is 0 Å². The summed E-state index contributed by atoms with van der Waals surface area (Å²) < 4.78 is 14.4. The Kier molecular flexibility index (Phi) is 3.43. The summed E-state index contributed by atoms with van der Waals surface area (Å²) >= 11 is 5.91. The molecule has 0 bridgehead atoms. The van der Waals surface area contributed by atoms with Crippen molar-refractivity contribution in [3.8, 4) is 22.4 Å². The van der Waals surface area contributed by atoms with Crippen LogP contribution in [0.4, 0.5) is 4.39 Å². The summed E-state index contributed by atoms with van der Waals surface area (Å²) in [4.78, 5) is 15.6. The number of rotatable bonds is 2. The van der Waals surface area contributed by atoms with E-state index in [1.807, 2.05) is 12.1 Å². The normalized spacial score (nSPS) is 11.1. The predicted octanol–water partition coefficient (Wildman–Crippen LogP) is 4.15. The summed E-state index contributed by atoms with van der Waals surface area (Å²) in [5.41, 5.74) is 3.30. The van der Waals surface area contributed by atoms with Crippen molar-refractivity contribution in [3.63, 3.8) is 0 Å². The third-order valence-electron chi connectivity index (χ3n) is 3.81. The van der Waals surface area contributed by atoms with Crippen LogP contribution in [-0.4, -0.2) is 14.6 Å². The molecule has 4 aromatic rings. The van der Waals surface area contributed by atoms with Crippen molar-refractivity contribution >= 4 is 17.2 Å². The van der Waals surface area contributed by atoms with Crippen molar-refractivity contribution in [1.82, 2.24) is 14.6 Å². The average molecular weight is 340 g/mol. The molecule has 1 N–H and O–H groups in total. The number of aromatic nitrogens is 3. The van der Waals surface area contributed by atoms with Crippen LogP contribution in [0.2, 0.25) is 5.02 Å². The number of hydrogen-bond acceptors (Lipinski definition) is 2. The second kappa shape index (κ2) is 5.62. The zero-order valence-electron chi connectivity index (χ0n) is 12.3. The Balaban J connectivity index is 1.93. The first kappa shape index (κ1) is 14.7. The first-order chi connectivity index (χ1) is 11.6. The molecule has 0 amide bonds. The third kappa shape index (κ3) is 2.49. The summed E-state index contributed by atoms with van der Waals surface area (Å²) in [6.07, 6.45) is 1.59. The number of nitrogens with zero attached hydrogens (tertiary/aromatic N) is 2. The van der Waals surface area contributed by atoms with Crippen molar-refractivity contribution in [1.29, 1.82) is 0 Å². The Hall–Kier alpha value is -2.92. The van der Waals surface area contributed by atoms with E-state index in [4.69, 9.17) is 11.6 Å². The van der Waals surface area contributed by atoms with E-state index in [2.05, 4.69) is 10.1 Å². The van der Waals surface area contributed by atoms with Gasteiger partial charge in [-0.1, -0.05) is 35.9 Å². The fourth-order valence-corrected chi connectivity index (χ4v) is 2.74. The van der Waals surface area contributed by atoms with E-state index in [0.717, 1.165) is 16.7 Å². The highest BCUT2D eigenvalue weighted by Crippen LogP contribution is 2.25. The summed E-state index contributed by atoms with van der Waals surface area (Å²) in [5, 5.41) is 4.75. The second-order valence-electron chi connectivity index (χ2n) is 5.35. The molecule has 0 aliphatic rings. The number of H-pyrrole nitrogens is 1. The van der Waals surface area contributed by atoms with Crippen LogP contribution < -0.4 is 5.56 Å². The quantitative estimate of drug-likeness (QED) is 0.596. The average Bonchev–Trinajstić information content (AvgIpc) is 3.01. The molecule has 2 aromatic heterocycles. The van der Waals surface area contributed by atoms with Crippen LogP contribution in [0.5, 0.6) is 0 Å². The van der Waals surface area contributed by atoms with Gasteiger partial charge in [0.25, 0.3) is 5.56 Å². The molecule has 24 heavy (non-hydrogen) atoms. The molecule has 4 nitrogen and oxygen atoms in total. The van der Waals surface area contributed by atoms with E-state index >= 15 is 0 Å². The Labute approximate surface area is 141 Å². The van der Waals surface area contributed by atoms with Gasteiger partial charge in [0.15, 0.2) is 0 Å². The maximum absolute atomic E-state index is 13.1. The minimum atomic E-state index is -0.314. The predicted molar refractivity (Wildman–Crippen MR) is 91.7 cm³/mol. The van der Waals surface area contributed by atoms with Crippen molar-refractivity contribution in [2.24, 2.45) is 0 Å². The standard InChI is InChI=1S/C18H11ClFN3O/c19-13-5-1-12(2-6-13)16-9-17(24)23-18(22-16)15(10-21-23)11-3-7-14(20)8-4-11/h1-10,22H. The molecule has 2 aromatic carbocycles. The van der Waals surface area contributed by atoms with E-state index in [0.29, 0.717) is 16.4 Å². The van der Waals surface area contributed by atoms with Crippen LogP contribution >= 0.6 is 11.6 Å². The molecule has 2 heterocycles. The van der Waals surface area contributed by atoms with E-state index in [-0.39, 0.29) is 11.4 Å². The van der Waals surface area contributed by atoms with E-state index in [1.54, 1.807) is 30.5 Å². The molecule has 0 aliphatic heterocycles. The number of nitrogens with one attached hydrogen (secondary N) is 1. The van der Waals surface area contributed by atoms with Crippen LogP contribution in [0.25, 0.3) is 28.0 Å².